The Labute approximate surface area is 218 Å². The maximum Gasteiger partial charge on any atom is 0.263 e. The predicted octanol–water partition coefficient (Wildman–Crippen LogP) is 4.06. The van der Waals surface area contributed by atoms with E-state index < -0.39 is 5.60 Å². The molecule has 0 aromatic heterocycles. The molecule has 3 aliphatic rings. The number of nitrogens with zero attached hydrogens (tertiary/aromatic N) is 2. The van der Waals surface area contributed by atoms with Crippen molar-refractivity contribution in [1.82, 2.24) is 9.80 Å². The van der Waals surface area contributed by atoms with Gasteiger partial charge >= 0.3 is 0 Å². The second-order valence-corrected chi connectivity index (χ2v) is 10.6. The first-order valence-electron chi connectivity index (χ1n) is 13.3. The molecule has 2 unspecified atom stereocenters. The predicted molar refractivity (Wildman–Crippen MR) is 141 cm³/mol. The van der Waals surface area contributed by atoms with Gasteiger partial charge in [-0.2, -0.15) is 0 Å². The molecule has 1 amide bonds. The number of likely N-dealkylation sites (tertiary alicyclic amines) is 1. The summed E-state index contributed by atoms with van der Waals surface area (Å²) in [4.78, 5) is 18.5. The van der Waals surface area contributed by atoms with Gasteiger partial charge in [-0.25, -0.2) is 0 Å². The quantitative estimate of drug-likeness (QED) is 0.532. The summed E-state index contributed by atoms with van der Waals surface area (Å²) in [5.41, 5.74) is 0.743. The summed E-state index contributed by atoms with van der Waals surface area (Å²) in [6.45, 7) is 3.22. The SMILES string of the molecule is CN(C(=O)C(O)(c1ccccc1)c1ccccc1)C1C2CCC1CN(CCc1ccc3c(c1)OCO3)C2. The van der Waals surface area contributed by atoms with Crippen molar-refractivity contribution in [3.05, 3.63) is 95.6 Å². The van der Waals surface area contributed by atoms with Gasteiger partial charge in [-0.05, 0) is 59.9 Å². The molecule has 6 nitrogen and oxygen atoms in total. The summed E-state index contributed by atoms with van der Waals surface area (Å²) < 4.78 is 11.0. The summed E-state index contributed by atoms with van der Waals surface area (Å²) in [5, 5.41) is 12.0. The van der Waals surface area contributed by atoms with Gasteiger partial charge in [0.2, 0.25) is 6.79 Å². The number of ether oxygens (including phenoxy) is 2. The normalized spacial score (nSPS) is 22.7. The molecule has 1 saturated heterocycles. The molecule has 2 fully saturated rings. The van der Waals surface area contributed by atoms with Crippen molar-refractivity contribution in [2.75, 3.05) is 33.5 Å². The van der Waals surface area contributed by atoms with Crippen LogP contribution in [0, 0.1) is 11.8 Å². The van der Waals surface area contributed by atoms with Gasteiger partial charge in [0.25, 0.3) is 5.91 Å². The van der Waals surface area contributed by atoms with Gasteiger partial charge in [-0.15, -0.1) is 0 Å². The third kappa shape index (κ3) is 4.38. The second kappa shape index (κ2) is 9.84. The molecule has 2 atom stereocenters. The van der Waals surface area contributed by atoms with Crippen LogP contribution in [0.5, 0.6) is 11.5 Å². The van der Waals surface area contributed by atoms with Crippen molar-refractivity contribution in [3.63, 3.8) is 0 Å². The summed E-state index contributed by atoms with van der Waals surface area (Å²) in [6, 6.07) is 25.0. The summed E-state index contributed by atoms with van der Waals surface area (Å²) in [6.07, 6.45) is 3.18. The lowest BCUT2D eigenvalue weighted by atomic mass is 9.83. The molecule has 1 aliphatic carbocycles. The average molecular weight is 499 g/mol. The molecular weight excluding hydrogens is 464 g/mol. The first kappa shape index (κ1) is 24.0. The number of fused-ring (bicyclic) bond motifs is 3. The van der Waals surface area contributed by atoms with E-state index in [1.807, 2.05) is 78.7 Å². The molecule has 2 heterocycles. The van der Waals surface area contributed by atoms with Gasteiger partial charge in [-0.3, -0.25) is 4.79 Å². The van der Waals surface area contributed by atoms with E-state index in [9.17, 15) is 9.90 Å². The Morgan fingerprint density at radius 3 is 2.14 bits per heavy atom. The molecule has 1 N–H and O–H groups in total. The Balaban J connectivity index is 1.17. The van der Waals surface area contributed by atoms with Gasteiger partial charge < -0.3 is 24.4 Å². The van der Waals surface area contributed by atoms with E-state index in [4.69, 9.17) is 9.47 Å². The second-order valence-electron chi connectivity index (χ2n) is 10.6. The molecule has 0 radical (unpaired) electrons. The molecule has 3 aromatic rings. The number of carbonyl (C=O) groups excluding carboxylic acids is 1. The summed E-state index contributed by atoms with van der Waals surface area (Å²) in [7, 11) is 1.89. The standard InChI is InChI=1S/C31H34N2O4/c1-32(30(34)31(35,25-8-4-2-5-9-25)26-10-6-3-7-11-26)29-23-13-14-24(29)20-33(19-23)17-16-22-12-15-27-28(18-22)37-21-36-27/h2-12,15,18,23-24,29,35H,13-14,16-17,19-21H2,1H3. The smallest absolute Gasteiger partial charge is 0.263 e. The van der Waals surface area contributed by atoms with Crippen LogP contribution >= 0.6 is 0 Å². The molecule has 192 valence electrons. The van der Waals surface area contributed by atoms with Crippen molar-refractivity contribution in [2.45, 2.75) is 30.9 Å². The minimum Gasteiger partial charge on any atom is -0.454 e. The van der Waals surface area contributed by atoms with Gasteiger partial charge in [0.05, 0.1) is 0 Å². The third-order valence-electron chi connectivity index (χ3n) is 8.47. The number of aliphatic hydroxyl groups is 1. The van der Waals surface area contributed by atoms with Crippen LogP contribution in [0.15, 0.2) is 78.9 Å². The maximum atomic E-state index is 14.1. The Bertz CT molecular complexity index is 1200. The molecule has 1 saturated carbocycles. The monoisotopic (exact) mass is 498 g/mol. The molecular formula is C31H34N2O4. The van der Waals surface area contributed by atoms with Crippen LogP contribution in [0.4, 0.5) is 0 Å². The Kier molecular flexibility index (Phi) is 6.39. The van der Waals surface area contributed by atoms with Crippen LogP contribution in [0.3, 0.4) is 0 Å². The maximum absolute atomic E-state index is 14.1. The minimum absolute atomic E-state index is 0.133. The number of carbonyl (C=O) groups is 1. The molecule has 6 heteroatoms. The summed E-state index contributed by atoms with van der Waals surface area (Å²) >= 11 is 0. The Hall–Kier alpha value is -3.35. The van der Waals surface area contributed by atoms with Gasteiger partial charge in [-0.1, -0.05) is 66.7 Å². The highest BCUT2D eigenvalue weighted by atomic mass is 16.7. The van der Waals surface area contributed by atoms with Crippen LogP contribution < -0.4 is 9.47 Å². The molecule has 2 aliphatic heterocycles. The minimum atomic E-state index is -1.72. The number of likely N-dealkylation sites (N-methyl/N-ethyl adjacent to an activating group) is 1. The highest BCUT2D eigenvalue weighted by Crippen LogP contribution is 2.42. The highest BCUT2D eigenvalue weighted by molar-refractivity contribution is 5.90. The fourth-order valence-corrected chi connectivity index (χ4v) is 6.65. The third-order valence-corrected chi connectivity index (χ3v) is 8.47. The van der Waals surface area contributed by atoms with Gasteiger partial charge in [0.15, 0.2) is 17.1 Å². The van der Waals surface area contributed by atoms with E-state index >= 15 is 0 Å². The fourth-order valence-electron chi connectivity index (χ4n) is 6.65. The van der Waals surface area contributed by atoms with Crippen LogP contribution in [0.2, 0.25) is 0 Å². The molecule has 6 rings (SSSR count). The van der Waals surface area contributed by atoms with Gasteiger partial charge in [0.1, 0.15) is 0 Å². The first-order valence-corrected chi connectivity index (χ1v) is 13.3. The highest BCUT2D eigenvalue weighted by Gasteiger charge is 2.50. The zero-order valence-corrected chi connectivity index (χ0v) is 21.3. The summed E-state index contributed by atoms with van der Waals surface area (Å²) in [5.74, 6) is 2.21. The Morgan fingerprint density at radius 2 is 1.51 bits per heavy atom. The van der Waals surface area contributed by atoms with Crippen molar-refractivity contribution in [1.29, 1.82) is 0 Å². The Morgan fingerprint density at radius 1 is 0.919 bits per heavy atom. The molecule has 0 spiro atoms. The lowest BCUT2D eigenvalue weighted by Crippen LogP contribution is -2.57. The molecule has 3 aromatic carbocycles. The number of rotatable bonds is 7. The van der Waals surface area contributed by atoms with Crippen molar-refractivity contribution in [2.24, 2.45) is 11.8 Å². The number of amides is 1. The van der Waals surface area contributed by atoms with Crippen molar-refractivity contribution >= 4 is 5.91 Å². The lowest BCUT2D eigenvalue weighted by Gasteiger charge is -2.44. The first-order chi connectivity index (χ1) is 18.0. The van der Waals surface area contributed by atoms with Crippen LogP contribution in [0.25, 0.3) is 0 Å². The number of hydrogen-bond donors (Lipinski definition) is 1. The van der Waals surface area contributed by atoms with E-state index in [2.05, 4.69) is 17.0 Å². The zero-order chi connectivity index (χ0) is 25.4. The van der Waals surface area contributed by atoms with Crippen molar-refractivity contribution in [3.8, 4) is 11.5 Å². The fraction of sp³-hybridized carbons (Fsp3) is 0.387. The van der Waals surface area contributed by atoms with E-state index in [0.717, 1.165) is 50.4 Å². The molecule has 2 bridgehead atoms. The van der Waals surface area contributed by atoms with Gasteiger partial charge in [0, 0.05) is 32.7 Å². The number of benzene rings is 3. The number of piperidine rings is 1. The average Bonchev–Trinajstić information content (AvgIpc) is 3.52. The van der Waals surface area contributed by atoms with E-state index in [1.165, 1.54) is 5.56 Å². The van der Waals surface area contributed by atoms with Crippen LogP contribution in [-0.2, 0) is 16.8 Å². The van der Waals surface area contributed by atoms with Crippen LogP contribution in [0.1, 0.15) is 29.5 Å². The molecule has 37 heavy (non-hydrogen) atoms. The van der Waals surface area contributed by atoms with E-state index in [1.54, 1.807) is 0 Å². The largest absolute Gasteiger partial charge is 0.454 e. The van der Waals surface area contributed by atoms with E-state index in [-0.39, 0.29) is 11.9 Å². The number of hydrogen-bond acceptors (Lipinski definition) is 5. The van der Waals surface area contributed by atoms with E-state index in [0.29, 0.717) is 29.8 Å². The lowest BCUT2D eigenvalue weighted by molar-refractivity contribution is -0.151. The topological polar surface area (TPSA) is 62.2 Å². The van der Waals surface area contributed by atoms with Crippen molar-refractivity contribution < 1.29 is 19.4 Å². The zero-order valence-electron chi connectivity index (χ0n) is 21.3. The van der Waals surface area contributed by atoms with Crippen LogP contribution in [-0.4, -0.2) is 60.3 Å².